The van der Waals surface area contributed by atoms with Gasteiger partial charge in [-0.1, -0.05) is 0 Å². The Morgan fingerprint density at radius 3 is 3.19 bits per heavy atom. The maximum absolute atomic E-state index is 11.5. The fraction of sp³-hybridized carbons (Fsp3) is 0.636. The quantitative estimate of drug-likeness (QED) is 0.762. The van der Waals surface area contributed by atoms with Gasteiger partial charge in [-0.2, -0.15) is 0 Å². The summed E-state index contributed by atoms with van der Waals surface area (Å²) in [6.45, 7) is 4.95. The molecule has 4 nitrogen and oxygen atoms in total. The van der Waals surface area contributed by atoms with Crippen LogP contribution in [0, 0.1) is 0 Å². The molecule has 0 N–H and O–H groups in total. The molecule has 5 heteroatoms. The molecule has 1 aliphatic rings. The van der Waals surface area contributed by atoms with Gasteiger partial charge < -0.3 is 9.47 Å². The van der Waals surface area contributed by atoms with E-state index in [9.17, 15) is 4.79 Å². The first-order valence-corrected chi connectivity index (χ1v) is 6.31. The van der Waals surface area contributed by atoms with Crippen LogP contribution < -0.4 is 0 Å². The van der Waals surface area contributed by atoms with Crippen molar-refractivity contribution in [3.63, 3.8) is 0 Å². The predicted molar refractivity (Wildman–Crippen MR) is 60.6 cm³/mol. The second kappa shape index (κ2) is 4.51. The summed E-state index contributed by atoms with van der Waals surface area (Å²) in [6.07, 6.45) is 2.01. The van der Waals surface area contributed by atoms with Crippen molar-refractivity contribution in [1.82, 2.24) is 4.98 Å². The summed E-state index contributed by atoms with van der Waals surface area (Å²) in [5, 5.41) is 2.60. The number of aromatic nitrogens is 1. The SMILES string of the molecule is CCOC(=O)c1csc(C2(C)CCCO2)n1. The highest BCUT2D eigenvalue weighted by atomic mass is 32.1. The normalized spacial score (nSPS) is 24.6. The molecule has 0 aromatic carbocycles. The zero-order valence-corrected chi connectivity index (χ0v) is 10.3. The first-order valence-electron chi connectivity index (χ1n) is 5.43. The van der Waals surface area contributed by atoms with E-state index in [1.807, 2.05) is 6.92 Å². The van der Waals surface area contributed by atoms with Crippen molar-refractivity contribution < 1.29 is 14.3 Å². The first-order chi connectivity index (χ1) is 7.65. The van der Waals surface area contributed by atoms with Gasteiger partial charge in [-0.15, -0.1) is 11.3 Å². The van der Waals surface area contributed by atoms with Crippen molar-refractivity contribution in [2.75, 3.05) is 13.2 Å². The number of ether oxygens (including phenoxy) is 2. The molecule has 2 heterocycles. The summed E-state index contributed by atoms with van der Waals surface area (Å²) in [7, 11) is 0. The zero-order valence-electron chi connectivity index (χ0n) is 9.49. The monoisotopic (exact) mass is 241 g/mol. The van der Waals surface area contributed by atoms with Crippen LogP contribution in [0.25, 0.3) is 0 Å². The van der Waals surface area contributed by atoms with E-state index >= 15 is 0 Å². The van der Waals surface area contributed by atoms with Crippen LogP contribution in [0.2, 0.25) is 0 Å². The number of nitrogens with zero attached hydrogens (tertiary/aromatic N) is 1. The van der Waals surface area contributed by atoms with E-state index in [1.165, 1.54) is 11.3 Å². The van der Waals surface area contributed by atoms with Gasteiger partial charge in [-0.25, -0.2) is 9.78 Å². The lowest BCUT2D eigenvalue weighted by Crippen LogP contribution is -2.20. The van der Waals surface area contributed by atoms with Crippen LogP contribution in [-0.2, 0) is 15.1 Å². The molecule has 88 valence electrons. The molecular weight excluding hydrogens is 226 g/mol. The van der Waals surface area contributed by atoms with E-state index in [1.54, 1.807) is 12.3 Å². The Morgan fingerprint density at radius 1 is 1.75 bits per heavy atom. The molecule has 0 saturated carbocycles. The average Bonchev–Trinajstić information content (AvgIpc) is 2.86. The third kappa shape index (κ3) is 2.10. The number of carbonyl (C=O) groups is 1. The third-order valence-corrected chi connectivity index (χ3v) is 3.75. The van der Waals surface area contributed by atoms with Gasteiger partial charge in [0.2, 0.25) is 0 Å². The van der Waals surface area contributed by atoms with Crippen LogP contribution in [0.1, 0.15) is 42.2 Å². The Balaban J connectivity index is 2.16. The van der Waals surface area contributed by atoms with E-state index in [0.29, 0.717) is 12.3 Å². The smallest absolute Gasteiger partial charge is 0.357 e. The van der Waals surface area contributed by atoms with Crippen molar-refractivity contribution in [1.29, 1.82) is 0 Å². The molecular formula is C11H15NO3S. The van der Waals surface area contributed by atoms with Gasteiger partial charge in [0.05, 0.1) is 6.61 Å². The van der Waals surface area contributed by atoms with E-state index < -0.39 is 0 Å². The largest absolute Gasteiger partial charge is 0.461 e. The van der Waals surface area contributed by atoms with Crippen molar-refractivity contribution in [2.24, 2.45) is 0 Å². The third-order valence-electron chi connectivity index (χ3n) is 2.66. The molecule has 1 aromatic heterocycles. The average molecular weight is 241 g/mol. The number of thiazole rings is 1. The fourth-order valence-electron chi connectivity index (χ4n) is 1.76. The molecule has 1 aromatic rings. The fourth-order valence-corrected chi connectivity index (χ4v) is 2.70. The van der Waals surface area contributed by atoms with E-state index in [2.05, 4.69) is 4.98 Å². The summed E-state index contributed by atoms with van der Waals surface area (Å²) >= 11 is 1.46. The van der Waals surface area contributed by atoms with E-state index in [-0.39, 0.29) is 11.6 Å². The molecule has 0 radical (unpaired) electrons. The van der Waals surface area contributed by atoms with E-state index in [0.717, 1.165) is 24.5 Å². The molecule has 0 spiro atoms. The van der Waals surface area contributed by atoms with Crippen LogP contribution in [0.4, 0.5) is 0 Å². The van der Waals surface area contributed by atoms with Crippen LogP contribution in [0.3, 0.4) is 0 Å². The van der Waals surface area contributed by atoms with Gasteiger partial charge in [0.1, 0.15) is 10.6 Å². The van der Waals surface area contributed by atoms with Gasteiger partial charge >= 0.3 is 5.97 Å². The maximum Gasteiger partial charge on any atom is 0.357 e. The molecule has 1 atom stereocenters. The number of hydrogen-bond acceptors (Lipinski definition) is 5. The van der Waals surface area contributed by atoms with E-state index in [4.69, 9.17) is 9.47 Å². The first kappa shape index (κ1) is 11.5. The highest BCUT2D eigenvalue weighted by Gasteiger charge is 2.35. The maximum atomic E-state index is 11.5. The molecule has 0 bridgehead atoms. The summed E-state index contributed by atoms with van der Waals surface area (Å²) in [5.74, 6) is -0.355. The van der Waals surface area contributed by atoms with Crippen LogP contribution in [0.15, 0.2) is 5.38 Å². The summed E-state index contributed by atoms with van der Waals surface area (Å²) in [4.78, 5) is 15.8. The van der Waals surface area contributed by atoms with Crippen LogP contribution in [0.5, 0.6) is 0 Å². The molecule has 16 heavy (non-hydrogen) atoms. The topological polar surface area (TPSA) is 48.4 Å². The minimum atomic E-state index is -0.355. The van der Waals surface area contributed by atoms with Gasteiger partial charge in [0.15, 0.2) is 5.69 Å². The lowest BCUT2D eigenvalue weighted by atomic mass is 10.0. The van der Waals surface area contributed by atoms with Crippen LogP contribution in [-0.4, -0.2) is 24.2 Å². The van der Waals surface area contributed by atoms with Crippen LogP contribution >= 0.6 is 11.3 Å². The van der Waals surface area contributed by atoms with Crippen molar-refractivity contribution in [3.05, 3.63) is 16.1 Å². The van der Waals surface area contributed by atoms with Crippen molar-refractivity contribution in [3.8, 4) is 0 Å². The lowest BCUT2D eigenvalue weighted by Gasteiger charge is -2.19. The number of carbonyl (C=O) groups excluding carboxylic acids is 1. The Bertz CT molecular complexity index is 382. The predicted octanol–water partition coefficient (Wildman–Crippen LogP) is 2.35. The molecule has 0 amide bonds. The number of rotatable bonds is 3. The van der Waals surface area contributed by atoms with Gasteiger partial charge in [0, 0.05) is 12.0 Å². The standard InChI is InChI=1S/C11H15NO3S/c1-3-14-9(13)8-7-16-10(12-8)11(2)5-4-6-15-11/h7H,3-6H2,1-2H3. The molecule has 2 rings (SSSR count). The lowest BCUT2D eigenvalue weighted by molar-refractivity contribution is 0.0164. The Hall–Kier alpha value is -0.940. The summed E-state index contributed by atoms with van der Waals surface area (Å²) in [6, 6.07) is 0. The molecule has 0 aliphatic carbocycles. The Labute approximate surface area is 98.6 Å². The molecule has 1 fully saturated rings. The minimum absolute atomic E-state index is 0.310. The molecule has 1 aliphatic heterocycles. The van der Waals surface area contributed by atoms with Crippen molar-refractivity contribution in [2.45, 2.75) is 32.3 Å². The summed E-state index contributed by atoms with van der Waals surface area (Å²) < 4.78 is 10.6. The second-order valence-corrected chi connectivity index (χ2v) is 4.80. The van der Waals surface area contributed by atoms with Gasteiger partial charge in [-0.3, -0.25) is 0 Å². The molecule has 1 saturated heterocycles. The van der Waals surface area contributed by atoms with Gasteiger partial charge in [0.25, 0.3) is 0 Å². The number of hydrogen-bond donors (Lipinski definition) is 0. The minimum Gasteiger partial charge on any atom is -0.461 e. The highest BCUT2D eigenvalue weighted by Crippen LogP contribution is 2.37. The van der Waals surface area contributed by atoms with Gasteiger partial charge in [-0.05, 0) is 26.7 Å². The Morgan fingerprint density at radius 2 is 2.56 bits per heavy atom. The van der Waals surface area contributed by atoms with Crippen molar-refractivity contribution >= 4 is 17.3 Å². The summed E-state index contributed by atoms with van der Waals surface area (Å²) in [5.41, 5.74) is 0.0775. The Kier molecular flexibility index (Phi) is 3.25. The second-order valence-electron chi connectivity index (χ2n) is 3.94. The zero-order chi connectivity index (χ0) is 11.6. The molecule has 1 unspecified atom stereocenters. The highest BCUT2D eigenvalue weighted by molar-refractivity contribution is 7.10. The number of esters is 1.